The van der Waals surface area contributed by atoms with Gasteiger partial charge in [0.1, 0.15) is 0 Å². The molecular formula is C8H12O4. The van der Waals surface area contributed by atoms with Gasteiger partial charge < -0.3 is 9.84 Å². The molecule has 12 heavy (non-hydrogen) atoms. The predicted molar refractivity (Wildman–Crippen MR) is 42.6 cm³/mol. The monoisotopic (exact) mass is 172 g/mol. The molecule has 0 fully saturated rings. The number of carboxylic acids is 1. The maximum atomic E-state index is 10.6. The Morgan fingerprint density at radius 2 is 2.00 bits per heavy atom. The Balaban J connectivity index is 3.85. The summed E-state index contributed by atoms with van der Waals surface area (Å²) in [7, 11) is 1.28. The zero-order chi connectivity index (χ0) is 9.56. The fraction of sp³-hybridized carbons (Fsp3) is 0.500. The molecule has 0 aromatic carbocycles. The first kappa shape index (κ1) is 10.7. The minimum atomic E-state index is -0.868. The molecule has 0 saturated carbocycles. The largest absolute Gasteiger partial charge is 0.481 e. The van der Waals surface area contributed by atoms with Gasteiger partial charge >= 0.3 is 11.9 Å². The van der Waals surface area contributed by atoms with Crippen LogP contribution in [0.25, 0.3) is 0 Å². The van der Waals surface area contributed by atoms with E-state index in [4.69, 9.17) is 5.11 Å². The van der Waals surface area contributed by atoms with Crippen LogP contribution in [0.15, 0.2) is 11.6 Å². The van der Waals surface area contributed by atoms with Gasteiger partial charge in [0.15, 0.2) is 0 Å². The summed E-state index contributed by atoms with van der Waals surface area (Å²) in [4.78, 5) is 20.7. The third kappa shape index (κ3) is 5.46. The van der Waals surface area contributed by atoms with Crippen LogP contribution in [0.2, 0.25) is 0 Å². The Morgan fingerprint density at radius 3 is 2.42 bits per heavy atom. The van der Waals surface area contributed by atoms with Gasteiger partial charge in [0.05, 0.1) is 7.11 Å². The summed E-state index contributed by atoms with van der Waals surface area (Å²) in [6.07, 6.45) is 1.71. The molecule has 0 atom stereocenters. The van der Waals surface area contributed by atoms with Crippen molar-refractivity contribution in [1.29, 1.82) is 0 Å². The van der Waals surface area contributed by atoms with Gasteiger partial charge in [-0.3, -0.25) is 4.79 Å². The number of carbonyl (C=O) groups excluding carboxylic acids is 1. The Morgan fingerprint density at radius 1 is 1.42 bits per heavy atom. The highest BCUT2D eigenvalue weighted by atomic mass is 16.5. The lowest BCUT2D eigenvalue weighted by Crippen LogP contribution is -1.98. The molecule has 0 saturated heterocycles. The molecule has 4 nitrogen and oxygen atoms in total. The molecular weight excluding hydrogens is 160 g/mol. The number of hydrogen-bond donors (Lipinski definition) is 1. The fourth-order valence-electron chi connectivity index (χ4n) is 0.636. The van der Waals surface area contributed by atoms with Crippen molar-refractivity contribution in [3.63, 3.8) is 0 Å². The highest BCUT2D eigenvalue weighted by Crippen LogP contribution is 2.03. The van der Waals surface area contributed by atoms with Crippen molar-refractivity contribution in [2.75, 3.05) is 7.11 Å². The highest BCUT2D eigenvalue weighted by molar-refractivity contribution is 5.82. The number of methoxy groups -OCH3 is 1. The topological polar surface area (TPSA) is 63.6 Å². The van der Waals surface area contributed by atoms with Crippen molar-refractivity contribution in [2.24, 2.45) is 0 Å². The van der Waals surface area contributed by atoms with Gasteiger partial charge in [-0.2, -0.15) is 0 Å². The lowest BCUT2D eigenvalue weighted by molar-refractivity contribution is -0.137. The molecule has 0 spiro atoms. The zero-order valence-electron chi connectivity index (χ0n) is 7.16. The van der Waals surface area contributed by atoms with Gasteiger partial charge in [-0.1, -0.05) is 5.57 Å². The summed E-state index contributed by atoms with van der Waals surface area (Å²) in [6.45, 7) is 1.69. The van der Waals surface area contributed by atoms with Gasteiger partial charge in [-0.15, -0.1) is 0 Å². The highest BCUT2D eigenvalue weighted by Gasteiger charge is 2.00. The summed E-state index contributed by atoms with van der Waals surface area (Å²) < 4.78 is 4.36. The minimum absolute atomic E-state index is 0.0410. The van der Waals surface area contributed by atoms with Crippen LogP contribution in [-0.4, -0.2) is 24.2 Å². The van der Waals surface area contributed by atoms with Crippen molar-refractivity contribution >= 4 is 11.9 Å². The molecule has 0 aromatic rings. The number of rotatable bonds is 4. The van der Waals surface area contributed by atoms with Gasteiger partial charge in [0.2, 0.25) is 0 Å². The third-order valence-electron chi connectivity index (χ3n) is 1.30. The Kier molecular flexibility index (Phi) is 4.76. The SMILES string of the molecule is COC(=O)C=C(C)CCC(=O)O. The summed E-state index contributed by atoms with van der Waals surface area (Å²) in [5.74, 6) is -1.31. The van der Waals surface area contributed by atoms with E-state index in [-0.39, 0.29) is 6.42 Å². The lowest BCUT2D eigenvalue weighted by Gasteiger charge is -1.96. The molecule has 0 aromatic heterocycles. The van der Waals surface area contributed by atoms with Crippen LogP contribution in [-0.2, 0) is 14.3 Å². The van der Waals surface area contributed by atoms with Crippen LogP contribution >= 0.6 is 0 Å². The van der Waals surface area contributed by atoms with Crippen LogP contribution < -0.4 is 0 Å². The predicted octanol–water partition coefficient (Wildman–Crippen LogP) is 0.970. The Labute approximate surface area is 70.8 Å². The summed E-state index contributed by atoms with van der Waals surface area (Å²) in [5, 5.41) is 8.31. The molecule has 0 bridgehead atoms. The van der Waals surface area contributed by atoms with E-state index in [1.165, 1.54) is 13.2 Å². The number of carbonyl (C=O) groups is 2. The van der Waals surface area contributed by atoms with E-state index in [1.807, 2.05) is 0 Å². The molecule has 0 rings (SSSR count). The summed E-state index contributed by atoms with van der Waals surface area (Å²) in [5.41, 5.74) is 0.712. The second kappa shape index (κ2) is 5.35. The van der Waals surface area contributed by atoms with E-state index in [2.05, 4.69) is 4.74 Å². The van der Waals surface area contributed by atoms with Crippen LogP contribution in [0.5, 0.6) is 0 Å². The van der Waals surface area contributed by atoms with Gasteiger partial charge in [0, 0.05) is 12.5 Å². The van der Waals surface area contributed by atoms with E-state index in [9.17, 15) is 9.59 Å². The van der Waals surface area contributed by atoms with Crippen LogP contribution in [0, 0.1) is 0 Å². The first-order chi connectivity index (χ1) is 5.56. The quantitative estimate of drug-likeness (QED) is 0.507. The van der Waals surface area contributed by atoms with Crippen LogP contribution in [0.1, 0.15) is 19.8 Å². The van der Waals surface area contributed by atoms with Crippen molar-refractivity contribution in [3.8, 4) is 0 Å². The van der Waals surface area contributed by atoms with E-state index in [1.54, 1.807) is 6.92 Å². The molecule has 0 amide bonds. The van der Waals surface area contributed by atoms with E-state index in [0.717, 1.165) is 0 Å². The number of aliphatic carboxylic acids is 1. The maximum Gasteiger partial charge on any atom is 0.330 e. The fourth-order valence-corrected chi connectivity index (χ4v) is 0.636. The minimum Gasteiger partial charge on any atom is -0.481 e. The normalized spacial score (nSPS) is 11.0. The first-order valence-electron chi connectivity index (χ1n) is 3.53. The first-order valence-corrected chi connectivity index (χ1v) is 3.53. The third-order valence-corrected chi connectivity index (χ3v) is 1.30. The number of esters is 1. The van der Waals surface area contributed by atoms with Gasteiger partial charge in [0.25, 0.3) is 0 Å². The van der Waals surface area contributed by atoms with Crippen molar-refractivity contribution in [1.82, 2.24) is 0 Å². The van der Waals surface area contributed by atoms with Gasteiger partial charge in [-0.05, 0) is 13.3 Å². The van der Waals surface area contributed by atoms with Crippen LogP contribution in [0.4, 0.5) is 0 Å². The molecule has 0 radical (unpaired) electrons. The Bertz CT molecular complexity index is 205. The van der Waals surface area contributed by atoms with E-state index in [0.29, 0.717) is 12.0 Å². The van der Waals surface area contributed by atoms with Crippen LogP contribution in [0.3, 0.4) is 0 Å². The maximum absolute atomic E-state index is 10.6. The Hall–Kier alpha value is -1.32. The second-order valence-corrected chi connectivity index (χ2v) is 2.41. The lowest BCUT2D eigenvalue weighted by atomic mass is 10.1. The average molecular weight is 172 g/mol. The molecule has 0 aliphatic heterocycles. The standard InChI is InChI=1S/C8H12O4/c1-6(3-4-7(9)10)5-8(11)12-2/h5H,3-4H2,1-2H3,(H,9,10). The molecule has 68 valence electrons. The summed E-state index contributed by atoms with van der Waals surface area (Å²) >= 11 is 0. The summed E-state index contributed by atoms with van der Waals surface area (Å²) in [6, 6.07) is 0. The zero-order valence-corrected chi connectivity index (χ0v) is 7.16. The molecule has 0 aliphatic rings. The molecule has 0 unspecified atom stereocenters. The molecule has 0 aliphatic carbocycles. The average Bonchev–Trinajstić information content (AvgIpc) is 2.00. The smallest absolute Gasteiger partial charge is 0.330 e. The number of carboxylic acid groups (broad SMARTS) is 1. The van der Waals surface area contributed by atoms with Crippen molar-refractivity contribution < 1.29 is 19.4 Å². The van der Waals surface area contributed by atoms with E-state index < -0.39 is 11.9 Å². The number of allylic oxidation sites excluding steroid dienone is 1. The number of hydrogen-bond acceptors (Lipinski definition) is 3. The van der Waals surface area contributed by atoms with Gasteiger partial charge in [-0.25, -0.2) is 4.79 Å². The second-order valence-electron chi connectivity index (χ2n) is 2.41. The number of ether oxygens (including phenoxy) is 1. The molecule has 0 heterocycles. The molecule has 1 N–H and O–H groups in total. The van der Waals surface area contributed by atoms with Crippen molar-refractivity contribution in [2.45, 2.75) is 19.8 Å². The molecule has 4 heteroatoms. The van der Waals surface area contributed by atoms with E-state index >= 15 is 0 Å². The van der Waals surface area contributed by atoms with Crippen molar-refractivity contribution in [3.05, 3.63) is 11.6 Å².